The molecule has 0 unspecified atom stereocenters. The molecule has 0 aliphatic heterocycles. The summed E-state index contributed by atoms with van der Waals surface area (Å²) in [7, 11) is -3.83. The third-order valence-corrected chi connectivity index (χ3v) is 7.85. The second kappa shape index (κ2) is 21.0. The minimum atomic E-state index is -3.83. The number of rotatable bonds is 23. The molecule has 3 aromatic rings. The second-order valence-corrected chi connectivity index (χ2v) is 12.8. The highest BCUT2D eigenvalue weighted by molar-refractivity contribution is 7.86. The van der Waals surface area contributed by atoms with Crippen molar-refractivity contribution < 1.29 is 26.8 Å². The van der Waals surface area contributed by atoms with Gasteiger partial charge in [0.15, 0.2) is 0 Å². The van der Waals surface area contributed by atoms with Crippen LogP contribution in [0.5, 0.6) is 0 Å². The Labute approximate surface area is 265 Å². The Balaban J connectivity index is 1.80. The molecule has 3 rings (SSSR count). The standard InChI is InChI=1S/C37H50O6S/c1-3-4-5-6-7-8-9-10-20-27-35(41-29-33-23-16-12-17-24-33)37(42-30-34-25-18-13-19-26-34)36(43-44(2,38)39)31-40-28-32-21-14-11-15-22-32/h11-27,35-37H,3-10,28-31H2,1-2H3/b27-20+/t35-,36-,37-/m1/s1. The first-order valence-corrected chi connectivity index (χ1v) is 17.7. The molecule has 0 saturated heterocycles. The van der Waals surface area contributed by atoms with Gasteiger partial charge in [0.05, 0.1) is 32.7 Å². The third-order valence-electron chi connectivity index (χ3n) is 7.25. The molecule has 0 aromatic heterocycles. The van der Waals surface area contributed by atoms with Crippen LogP contribution in [0.2, 0.25) is 0 Å². The average molecular weight is 623 g/mol. The molecule has 0 N–H and O–H groups in total. The van der Waals surface area contributed by atoms with Crippen LogP contribution >= 0.6 is 0 Å². The van der Waals surface area contributed by atoms with Gasteiger partial charge in [-0.15, -0.1) is 0 Å². The monoisotopic (exact) mass is 622 g/mol. The van der Waals surface area contributed by atoms with Crippen molar-refractivity contribution in [2.24, 2.45) is 0 Å². The average Bonchev–Trinajstić information content (AvgIpc) is 3.03. The van der Waals surface area contributed by atoms with Gasteiger partial charge < -0.3 is 14.2 Å². The Hall–Kier alpha value is -2.81. The molecule has 0 aliphatic carbocycles. The van der Waals surface area contributed by atoms with Crippen molar-refractivity contribution in [2.45, 2.75) is 96.4 Å². The fourth-order valence-electron chi connectivity index (χ4n) is 4.93. The van der Waals surface area contributed by atoms with Gasteiger partial charge in [0.25, 0.3) is 10.1 Å². The van der Waals surface area contributed by atoms with E-state index in [1.165, 1.54) is 38.5 Å². The van der Waals surface area contributed by atoms with Crippen LogP contribution in [-0.4, -0.2) is 39.6 Å². The van der Waals surface area contributed by atoms with Crippen LogP contribution < -0.4 is 0 Å². The molecule has 0 spiro atoms. The van der Waals surface area contributed by atoms with Crippen molar-refractivity contribution in [3.63, 3.8) is 0 Å². The Bertz CT molecular complexity index is 1270. The summed E-state index contributed by atoms with van der Waals surface area (Å²) in [6.07, 6.45) is 12.5. The van der Waals surface area contributed by atoms with Crippen molar-refractivity contribution in [1.29, 1.82) is 0 Å². The highest BCUT2D eigenvalue weighted by Gasteiger charge is 2.34. The third kappa shape index (κ3) is 15.3. The normalized spacial score (nSPS) is 14.0. The number of hydrogen-bond donors (Lipinski definition) is 0. The predicted molar refractivity (Wildman–Crippen MR) is 178 cm³/mol. The van der Waals surface area contributed by atoms with Gasteiger partial charge in [-0.25, -0.2) is 0 Å². The molecule has 3 atom stereocenters. The number of ether oxygens (including phenoxy) is 3. The highest BCUT2D eigenvalue weighted by atomic mass is 32.2. The summed E-state index contributed by atoms with van der Waals surface area (Å²) in [5, 5.41) is 0. The van der Waals surface area contributed by atoms with E-state index >= 15 is 0 Å². The van der Waals surface area contributed by atoms with E-state index in [9.17, 15) is 8.42 Å². The quantitative estimate of drug-likeness (QED) is 0.0601. The second-order valence-electron chi connectivity index (χ2n) is 11.2. The van der Waals surface area contributed by atoms with Crippen molar-refractivity contribution >= 4 is 10.1 Å². The Morgan fingerprint density at radius 1 is 0.659 bits per heavy atom. The van der Waals surface area contributed by atoms with Gasteiger partial charge in [-0.2, -0.15) is 8.42 Å². The van der Waals surface area contributed by atoms with Gasteiger partial charge in [-0.3, -0.25) is 4.18 Å². The summed E-state index contributed by atoms with van der Waals surface area (Å²) in [6.45, 7) is 3.18. The summed E-state index contributed by atoms with van der Waals surface area (Å²) < 4.78 is 49.6. The first kappa shape index (κ1) is 35.7. The van der Waals surface area contributed by atoms with Crippen LogP contribution in [0.4, 0.5) is 0 Å². The van der Waals surface area contributed by atoms with Crippen LogP contribution in [-0.2, 0) is 48.3 Å². The van der Waals surface area contributed by atoms with E-state index in [2.05, 4.69) is 13.0 Å². The van der Waals surface area contributed by atoms with Crippen LogP contribution in [0.15, 0.2) is 103 Å². The number of unbranched alkanes of at least 4 members (excludes halogenated alkanes) is 7. The number of benzene rings is 3. The van der Waals surface area contributed by atoms with Crippen LogP contribution in [0, 0.1) is 0 Å². The van der Waals surface area contributed by atoms with Crippen molar-refractivity contribution in [2.75, 3.05) is 12.9 Å². The Kier molecular flexibility index (Phi) is 17.0. The lowest BCUT2D eigenvalue weighted by molar-refractivity contribution is -0.124. The Morgan fingerprint density at radius 2 is 1.16 bits per heavy atom. The van der Waals surface area contributed by atoms with Crippen molar-refractivity contribution in [1.82, 2.24) is 0 Å². The molecule has 0 saturated carbocycles. The molecule has 0 radical (unpaired) electrons. The first-order chi connectivity index (χ1) is 21.4. The molecular weight excluding hydrogens is 572 g/mol. The smallest absolute Gasteiger partial charge is 0.264 e. The molecule has 0 heterocycles. The largest absolute Gasteiger partial charge is 0.374 e. The molecular formula is C37H50O6S. The van der Waals surface area contributed by atoms with Crippen LogP contribution in [0.1, 0.15) is 75.0 Å². The number of allylic oxidation sites excluding steroid dienone is 1. The summed E-state index contributed by atoms with van der Waals surface area (Å²) in [4.78, 5) is 0. The van der Waals surface area contributed by atoms with Gasteiger partial charge in [-0.05, 0) is 29.5 Å². The first-order valence-electron chi connectivity index (χ1n) is 15.9. The van der Waals surface area contributed by atoms with Gasteiger partial charge in [0.2, 0.25) is 0 Å². The summed E-state index contributed by atoms with van der Waals surface area (Å²) >= 11 is 0. The fraction of sp³-hybridized carbons (Fsp3) is 0.459. The molecule has 7 heteroatoms. The summed E-state index contributed by atoms with van der Waals surface area (Å²) in [6, 6.07) is 29.5. The van der Waals surface area contributed by atoms with Crippen LogP contribution in [0.25, 0.3) is 0 Å². The van der Waals surface area contributed by atoms with Crippen LogP contribution in [0.3, 0.4) is 0 Å². The van der Waals surface area contributed by atoms with E-state index < -0.39 is 28.4 Å². The summed E-state index contributed by atoms with van der Waals surface area (Å²) in [5.74, 6) is 0. The lowest BCUT2D eigenvalue weighted by atomic mass is 10.0. The zero-order valence-corrected chi connectivity index (χ0v) is 27.2. The predicted octanol–water partition coefficient (Wildman–Crippen LogP) is 8.42. The lowest BCUT2D eigenvalue weighted by Crippen LogP contribution is -2.45. The van der Waals surface area contributed by atoms with E-state index in [-0.39, 0.29) is 13.2 Å². The SMILES string of the molecule is CCCCCCCCC/C=C/[C@@H](OCc1ccccc1)[C@@H](OCc1ccccc1)[C@@H](COCc1ccccc1)OS(C)(=O)=O. The van der Waals surface area contributed by atoms with E-state index in [0.29, 0.717) is 13.2 Å². The molecule has 0 amide bonds. The van der Waals surface area contributed by atoms with Gasteiger partial charge >= 0.3 is 0 Å². The molecule has 240 valence electrons. The summed E-state index contributed by atoms with van der Waals surface area (Å²) in [5.41, 5.74) is 2.97. The number of hydrogen-bond acceptors (Lipinski definition) is 6. The molecule has 6 nitrogen and oxygen atoms in total. The fourth-order valence-corrected chi connectivity index (χ4v) is 5.54. The maximum Gasteiger partial charge on any atom is 0.264 e. The highest BCUT2D eigenvalue weighted by Crippen LogP contribution is 2.21. The van der Waals surface area contributed by atoms with Gasteiger partial charge in [0.1, 0.15) is 18.3 Å². The van der Waals surface area contributed by atoms with E-state index in [1.54, 1.807) is 0 Å². The van der Waals surface area contributed by atoms with Crippen molar-refractivity contribution in [3.05, 3.63) is 120 Å². The molecule has 0 bridgehead atoms. The Morgan fingerprint density at radius 3 is 1.70 bits per heavy atom. The van der Waals surface area contributed by atoms with Gasteiger partial charge in [0, 0.05) is 0 Å². The zero-order valence-electron chi connectivity index (χ0n) is 26.4. The minimum absolute atomic E-state index is 0.0121. The zero-order chi connectivity index (χ0) is 31.3. The van der Waals surface area contributed by atoms with E-state index in [1.807, 2.05) is 97.1 Å². The maximum absolute atomic E-state index is 12.5. The van der Waals surface area contributed by atoms with E-state index in [0.717, 1.165) is 35.8 Å². The minimum Gasteiger partial charge on any atom is -0.374 e. The molecule has 0 fully saturated rings. The maximum atomic E-state index is 12.5. The van der Waals surface area contributed by atoms with Crippen molar-refractivity contribution in [3.8, 4) is 0 Å². The lowest BCUT2D eigenvalue weighted by Gasteiger charge is -2.31. The molecule has 3 aromatic carbocycles. The molecule has 0 aliphatic rings. The molecule has 44 heavy (non-hydrogen) atoms. The topological polar surface area (TPSA) is 71.1 Å². The van der Waals surface area contributed by atoms with E-state index in [4.69, 9.17) is 18.4 Å². The van der Waals surface area contributed by atoms with Gasteiger partial charge in [-0.1, -0.05) is 149 Å².